The lowest BCUT2D eigenvalue weighted by Gasteiger charge is -2.18. The number of hydrogen-bond donors (Lipinski definition) is 1. The minimum absolute atomic E-state index is 0.0262. The first-order valence-electron chi connectivity index (χ1n) is 11.6. The molecule has 5 rings (SSSR count). The molecular weight excluding hydrogens is 436 g/mol. The second-order valence-corrected chi connectivity index (χ2v) is 9.21. The van der Waals surface area contributed by atoms with Crippen LogP contribution in [0.25, 0.3) is 11.4 Å². The van der Waals surface area contributed by atoms with Crippen LogP contribution in [0.4, 0.5) is 0 Å². The highest BCUT2D eigenvalue weighted by Gasteiger charge is 2.47. The Bertz CT molecular complexity index is 1210. The van der Waals surface area contributed by atoms with E-state index in [2.05, 4.69) is 20.3 Å². The highest BCUT2D eigenvalue weighted by atomic mass is 16.5. The summed E-state index contributed by atoms with van der Waals surface area (Å²) in [4.78, 5) is 24.6. The highest BCUT2D eigenvalue weighted by Crippen LogP contribution is 2.48. The number of fused-ring (bicyclic) bond motifs is 1. The molecule has 0 amide bonds. The van der Waals surface area contributed by atoms with Crippen molar-refractivity contribution in [3.05, 3.63) is 41.5 Å². The molecule has 0 spiro atoms. The molecule has 0 radical (unpaired) electrons. The largest absolute Gasteiger partial charge is 0.489 e. The lowest BCUT2D eigenvalue weighted by atomic mass is 9.92. The maximum absolute atomic E-state index is 11.5. The summed E-state index contributed by atoms with van der Waals surface area (Å²) < 4.78 is 13.7. The number of carboxylic acids is 1. The van der Waals surface area contributed by atoms with Crippen molar-refractivity contribution in [1.29, 1.82) is 0 Å². The van der Waals surface area contributed by atoms with E-state index >= 15 is 0 Å². The van der Waals surface area contributed by atoms with Crippen LogP contribution in [0.3, 0.4) is 0 Å². The molecular formula is C24H28N6O4. The monoisotopic (exact) mass is 464 g/mol. The summed E-state index contributed by atoms with van der Waals surface area (Å²) in [6.07, 6.45) is 5.13. The minimum atomic E-state index is -0.673. The molecule has 2 fully saturated rings. The second kappa shape index (κ2) is 9.00. The topological polar surface area (TPSA) is 125 Å². The van der Waals surface area contributed by atoms with Gasteiger partial charge >= 0.3 is 12.0 Å². The van der Waals surface area contributed by atoms with Crippen LogP contribution < -0.4 is 9.47 Å². The Morgan fingerprint density at radius 2 is 2.03 bits per heavy atom. The van der Waals surface area contributed by atoms with Crippen molar-refractivity contribution >= 4 is 5.97 Å². The molecule has 0 aliphatic heterocycles. The van der Waals surface area contributed by atoms with E-state index in [0.717, 1.165) is 48.5 Å². The van der Waals surface area contributed by atoms with Crippen molar-refractivity contribution in [3.8, 4) is 23.1 Å². The summed E-state index contributed by atoms with van der Waals surface area (Å²) in [5.41, 5.74) is 3.64. The van der Waals surface area contributed by atoms with Gasteiger partial charge in [0.25, 0.3) is 0 Å². The molecule has 4 atom stereocenters. The zero-order chi connectivity index (χ0) is 23.8. The Kier molecular flexibility index (Phi) is 5.89. The zero-order valence-electron chi connectivity index (χ0n) is 19.5. The molecule has 2 aliphatic rings. The number of nitrogens with zero attached hydrogens (tertiary/aromatic N) is 6. The van der Waals surface area contributed by atoms with Crippen LogP contribution in [0.2, 0.25) is 0 Å². The average Bonchev–Trinajstić information content (AvgIpc) is 3.48. The Morgan fingerprint density at radius 3 is 2.79 bits per heavy atom. The Labute approximate surface area is 197 Å². The summed E-state index contributed by atoms with van der Waals surface area (Å²) in [6.45, 7) is 3.99. The van der Waals surface area contributed by atoms with E-state index in [1.165, 1.54) is 0 Å². The van der Waals surface area contributed by atoms with Crippen LogP contribution in [0.15, 0.2) is 24.4 Å². The Hall–Kier alpha value is -3.56. The van der Waals surface area contributed by atoms with Gasteiger partial charge in [-0.05, 0) is 69.6 Å². The van der Waals surface area contributed by atoms with Gasteiger partial charge in [-0.1, -0.05) is 5.21 Å². The van der Waals surface area contributed by atoms with Crippen molar-refractivity contribution in [3.63, 3.8) is 0 Å². The van der Waals surface area contributed by atoms with Gasteiger partial charge in [0.2, 0.25) is 0 Å². The summed E-state index contributed by atoms with van der Waals surface area (Å²) >= 11 is 0. The second-order valence-electron chi connectivity index (χ2n) is 9.21. The minimum Gasteiger partial charge on any atom is -0.489 e. The molecule has 178 valence electrons. The molecule has 3 aromatic heterocycles. The van der Waals surface area contributed by atoms with Crippen LogP contribution >= 0.6 is 0 Å². The predicted molar refractivity (Wildman–Crippen MR) is 121 cm³/mol. The van der Waals surface area contributed by atoms with E-state index in [1.807, 2.05) is 32.0 Å². The number of carbonyl (C=O) groups is 1. The van der Waals surface area contributed by atoms with E-state index in [4.69, 9.17) is 14.5 Å². The van der Waals surface area contributed by atoms with Crippen LogP contribution in [-0.2, 0) is 18.4 Å². The average molecular weight is 465 g/mol. The van der Waals surface area contributed by atoms with Gasteiger partial charge in [-0.25, -0.2) is 19.6 Å². The highest BCUT2D eigenvalue weighted by molar-refractivity contribution is 5.71. The third kappa shape index (κ3) is 4.32. The summed E-state index contributed by atoms with van der Waals surface area (Å²) in [6, 6.07) is 5.88. The maximum atomic E-state index is 11.5. The lowest BCUT2D eigenvalue weighted by molar-refractivity contribution is -0.143. The molecule has 3 heterocycles. The number of aryl methyl sites for hydroxylation is 3. The standard InChI is InChI=1S/C24H28N6O4/c1-13-8-9-25-24(26-13)33-12-20-22(28-29-30(20)3)19-6-7-21(14(2)27-19)34-16-10-15-4-5-17(23(31)32)18(15)11-16/h6-9,15-18H,4-5,10-12H2,1-3H3,(H,31,32)/t15-,16-,17-,18+/m0/s1. The first-order chi connectivity index (χ1) is 16.4. The van der Waals surface area contributed by atoms with E-state index in [1.54, 1.807) is 17.9 Å². The van der Waals surface area contributed by atoms with Gasteiger partial charge in [0.1, 0.15) is 23.7 Å². The number of pyridine rings is 1. The summed E-state index contributed by atoms with van der Waals surface area (Å²) in [5.74, 6) is 0.471. The van der Waals surface area contributed by atoms with Gasteiger partial charge in [0, 0.05) is 18.9 Å². The molecule has 0 unspecified atom stereocenters. The first kappa shape index (κ1) is 22.2. The van der Waals surface area contributed by atoms with Gasteiger partial charge in [-0.2, -0.15) is 0 Å². The fourth-order valence-electron chi connectivity index (χ4n) is 5.29. The fourth-order valence-corrected chi connectivity index (χ4v) is 5.29. The van der Waals surface area contributed by atoms with Crippen molar-refractivity contribution < 1.29 is 19.4 Å². The molecule has 3 aromatic rings. The van der Waals surface area contributed by atoms with Gasteiger partial charge < -0.3 is 14.6 Å². The third-order valence-electron chi connectivity index (χ3n) is 7.02. The Morgan fingerprint density at radius 1 is 1.18 bits per heavy atom. The maximum Gasteiger partial charge on any atom is 0.316 e. The predicted octanol–water partition coefficient (Wildman–Crippen LogP) is 3.13. The quantitative estimate of drug-likeness (QED) is 0.561. The van der Waals surface area contributed by atoms with Crippen LogP contribution in [0.1, 0.15) is 42.8 Å². The van der Waals surface area contributed by atoms with Crippen molar-refractivity contribution in [2.45, 2.75) is 52.2 Å². The van der Waals surface area contributed by atoms with Crippen molar-refractivity contribution in [2.24, 2.45) is 24.8 Å². The van der Waals surface area contributed by atoms with Crippen molar-refractivity contribution in [1.82, 2.24) is 29.9 Å². The molecule has 0 saturated heterocycles. The molecule has 10 nitrogen and oxygen atoms in total. The van der Waals surface area contributed by atoms with Crippen molar-refractivity contribution in [2.75, 3.05) is 0 Å². The molecule has 34 heavy (non-hydrogen) atoms. The van der Waals surface area contributed by atoms with Gasteiger partial charge in [-0.15, -0.1) is 5.10 Å². The SMILES string of the molecule is Cc1ccnc(OCc2c(-c3ccc(O[C@H]4C[C@@H]5CC[C@H](C(=O)O)[C@@H]5C4)c(C)n3)nnn2C)n1. The number of hydrogen-bond acceptors (Lipinski definition) is 8. The molecule has 0 aromatic carbocycles. The van der Waals surface area contributed by atoms with Crippen LogP contribution in [0.5, 0.6) is 11.8 Å². The molecule has 1 N–H and O–H groups in total. The number of carboxylic acid groups (broad SMARTS) is 1. The number of aliphatic carboxylic acids is 1. The van der Waals surface area contributed by atoms with Crippen LogP contribution in [-0.4, -0.2) is 47.1 Å². The number of aromatic nitrogens is 6. The zero-order valence-corrected chi connectivity index (χ0v) is 19.5. The lowest BCUT2D eigenvalue weighted by Crippen LogP contribution is -2.21. The van der Waals surface area contributed by atoms with E-state index in [-0.39, 0.29) is 24.5 Å². The summed E-state index contributed by atoms with van der Waals surface area (Å²) in [7, 11) is 1.80. The first-order valence-corrected chi connectivity index (χ1v) is 11.6. The fraction of sp³-hybridized carbons (Fsp3) is 0.500. The number of ether oxygens (including phenoxy) is 2. The van der Waals surface area contributed by atoms with Gasteiger partial charge in [0.05, 0.1) is 23.4 Å². The Balaban J connectivity index is 1.29. The van der Waals surface area contributed by atoms with E-state index in [9.17, 15) is 9.90 Å². The third-order valence-corrected chi connectivity index (χ3v) is 7.02. The molecule has 0 bridgehead atoms. The normalized spacial score (nSPS) is 23.6. The van der Waals surface area contributed by atoms with Crippen LogP contribution in [0, 0.1) is 31.6 Å². The van der Waals surface area contributed by atoms with Gasteiger partial charge in [-0.3, -0.25) is 4.79 Å². The molecule has 2 saturated carbocycles. The van der Waals surface area contributed by atoms with Gasteiger partial charge in [0.15, 0.2) is 0 Å². The molecule has 2 aliphatic carbocycles. The number of rotatable bonds is 7. The molecule has 10 heteroatoms. The summed E-state index contributed by atoms with van der Waals surface area (Å²) in [5, 5.41) is 17.9. The van der Waals surface area contributed by atoms with E-state index in [0.29, 0.717) is 23.3 Å². The smallest absolute Gasteiger partial charge is 0.316 e. The van der Waals surface area contributed by atoms with E-state index < -0.39 is 5.97 Å².